The zero-order valence-electron chi connectivity index (χ0n) is 11.1. The van der Waals surface area contributed by atoms with Crippen LogP contribution < -0.4 is 10.0 Å². The quantitative estimate of drug-likeness (QED) is 0.825. The summed E-state index contributed by atoms with van der Waals surface area (Å²) in [7, 11) is -2.63. The Morgan fingerprint density at radius 3 is 2.50 bits per heavy atom. The molecule has 2 aromatic rings. The van der Waals surface area contributed by atoms with Crippen LogP contribution in [0.4, 0.5) is 11.5 Å². The Morgan fingerprint density at radius 2 is 1.95 bits per heavy atom. The van der Waals surface area contributed by atoms with Gasteiger partial charge in [-0.3, -0.25) is 9.11 Å². The normalized spacial score (nSPS) is 15.9. The molecule has 0 spiro atoms. The van der Waals surface area contributed by atoms with Crippen molar-refractivity contribution in [3.8, 4) is 0 Å². The van der Waals surface area contributed by atoms with E-state index in [0.717, 1.165) is 5.69 Å². The number of hydrogen-bond donors (Lipinski definition) is 2. The molecule has 0 saturated heterocycles. The second-order valence-corrected chi connectivity index (χ2v) is 6.88. The van der Waals surface area contributed by atoms with Gasteiger partial charge in [-0.1, -0.05) is 5.16 Å². The molecular weight excluding hydrogens is 278 g/mol. The van der Waals surface area contributed by atoms with Crippen LogP contribution in [0.5, 0.6) is 0 Å². The van der Waals surface area contributed by atoms with Crippen LogP contribution in [0, 0.1) is 6.92 Å². The predicted octanol–water partition coefficient (Wildman–Crippen LogP) is 2.03. The number of nitrogens with one attached hydrogen (secondary N) is 2. The maximum Gasteiger partial charge on any atom is 0.195 e. The van der Waals surface area contributed by atoms with Crippen LogP contribution in [0.25, 0.3) is 0 Å². The lowest BCUT2D eigenvalue weighted by atomic mass is 10.3. The van der Waals surface area contributed by atoms with Gasteiger partial charge in [0.05, 0.1) is 10.8 Å². The second kappa shape index (κ2) is 5.01. The lowest BCUT2D eigenvalue weighted by molar-refractivity contribution is 0.399. The standard InChI is InChI=1S/C13H17N3O3S/c1-9-8-13(15-19-9)16-20(17,18)12-6-4-11(5-7-12)14-10-2-3-10/h4-8,10,14,17-18H,2-3H2,1H3,(H,15,16)/p+2. The Morgan fingerprint density at radius 1 is 1.25 bits per heavy atom. The van der Waals surface area contributed by atoms with Gasteiger partial charge in [0.1, 0.15) is 5.76 Å². The van der Waals surface area contributed by atoms with Gasteiger partial charge in [-0.25, -0.2) is 0 Å². The number of anilines is 2. The molecule has 1 heterocycles. The van der Waals surface area contributed by atoms with Crippen LogP contribution in [0.1, 0.15) is 18.6 Å². The maximum atomic E-state index is 8.18. The number of benzene rings is 1. The molecule has 108 valence electrons. The number of rotatable bonds is 5. The Bertz CT molecular complexity index is 593. The van der Waals surface area contributed by atoms with Gasteiger partial charge in [0.25, 0.3) is 0 Å². The first-order valence-electron chi connectivity index (χ1n) is 6.43. The molecule has 0 aliphatic heterocycles. The summed E-state index contributed by atoms with van der Waals surface area (Å²) < 4.78 is 24.1. The zero-order valence-corrected chi connectivity index (χ0v) is 12.0. The minimum Gasteiger partial charge on any atom is -0.382 e. The average molecular weight is 297 g/mol. The molecule has 7 heteroatoms. The average Bonchev–Trinajstić information content (AvgIpc) is 3.12. The molecule has 1 saturated carbocycles. The summed E-state index contributed by atoms with van der Waals surface area (Å²) in [5.41, 5.74) is 1.05. The van der Waals surface area contributed by atoms with E-state index in [0.29, 0.717) is 22.5 Å². The van der Waals surface area contributed by atoms with E-state index in [1.807, 2.05) is 24.3 Å². The van der Waals surface area contributed by atoms with E-state index in [2.05, 4.69) is 15.2 Å². The van der Waals surface area contributed by atoms with Crippen molar-refractivity contribution in [1.82, 2.24) is 5.16 Å². The van der Waals surface area contributed by atoms with E-state index >= 15 is 0 Å². The molecule has 1 aliphatic carbocycles. The van der Waals surface area contributed by atoms with Crippen LogP contribution in [-0.2, 0) is 0 Å². The lowest BCUT2D eigenvalue weighted by Gasteiger charge is -2.23. The molecular formula is C13H19N3O3S+2. The van der Waals surface area contributed by atoms with Crippen molar-refractivity contribution >= 4 is 22.3 Å². The van der Waals surface area contributed by atoms with Crippen LogP contribution in [0.15, 0.2) is 39.8 Å². The third-order valence-electron chi connectivity index (χ3n) is 3.04. The van der Waals surface area contributed by atoms with Gasteiger partial charge in [0.15, 0.2) is 10.7 Å². The summed E-state index contributed by atoms with van der Waals surface area (Å²) in [4.78, 5) is 0.638. The van der Waals surface area contributed by atoms with E-state index in [1.54, 1.807) is 13.0 Å². The fourth-order valence-electron chi connectivity index (χ4n) is 1.85. The molecule has 1 fully saturated rings. The van der Waals surface area contributed by atoms with Crippen molar-refractivity contribution < 1.29 is 13.6 Å². The highest BCUT2D eigenvalue weighted by Gasteiger charge is 2.26. The Kier molecular flexibility index (Phi) is 3.33. The fraction of sp³-hybridized carbons (Fsp3) is 0.308. The number of hydrogen-bond acceptors (Lipinski definition) is 4. The van der Waals surface area contributed by atoms with Crippen molar-refractivity contribution in [3.05, 3.63) is 36.1 Å². The Balaban J connectivity index is 1.72. The molecule has 1 aliphatic rings. The first-order valence-corrected chi connectivity index (χ1v) is 8.06. The first-order chi connectivity index (χ1) is 9.53. The van der Waals surface area contributed by atoms with Gasteiger partial charge in [0.2, 0.25) is 0 Å². The van der Waals surface area contributed by atoms with Crippen LogP contribution >= 0.6 is 10.8 Å². The van der Waals surface area contributed by atoms with Gasteiger partial charge in [-0.05, 0) is 44.0 Å². The first kappa shape index (κ1) is 13.3. The molecule has 0 bridgehead atoms. The topological polar surface area (TPSA) is 95.9 Å². The molecule has 0 amide bonds. The molecule has 6 N–H and O–H groups in total. The number of aryl methyl sites for hydroxylation is 1. The lowest BCUT2D eigenvalue weighted by Crippen LogP contribution is -2.10. The smallest absolute Gasteiger partial charge is 0.195 e. The summed E-state index contributed by atoms with van der Waals surface area (Å²) in [6.07, 6.45) is 2.45. The third kappa shape index (κ3) is 3.06. The van der Waals surface area contributed by atoms with Crippen molar-refractivity contribution in [2.45, 2.75) is 30.7 Å². The number of nitrogens with zero attached hydrogens (tertiary/aromatic N) is 1. The monoisotopic (exact) mass is 297 g/mol. The molecule has 1 aromatic carbocycles. The van der Waals surface area contributed by atoms with Crippen LogP contribution in [0.3, 0.4) is 0 Å². The van der Waals surface area contributed by atoms with Crippen molar-refractivity contribution in [2.24, 2.45) is 0 Å². The molecule has 6 nitrogen and oxygen atoms in total. The molecule has 1 aromatic heterocycles. The summed E-state index contributed by atoms with van der Waals surface area (Å²) in [6, 6.07) is 9.78. The van der Waals surface area contributed by atoms with Gasteiger partial charge >= 0.3 is 0 Å². The van der Waals surface area contributed by atoms with Crippen LogP contribution in [0.2, 0.25) is 0 Å². The second-order valence-electron chi connectivity index (χ2n) is 4.98. The Labute approximate surface area is 118 Å². The highest BCUT2D eigenvalue weighted by molar-refractivity contribution is 8.25. The summed E-state index contributed by atoms with van der Waals surface area (Å²) in [6.45, 7) is 1.78. The molecule has 0 unspecified atom stereocenters. The highest BCUT2D eigenvalue weighted by Crippen LogP contribution is 2.47. The highest BCUT2D eigenvalue weighted by atomic mass is 32.3. The molecule has 20 heavy (non-hydrogen) atoms. The van der Waals surface area contributed by atoms with E-state index in [1.165, 1.54) is 12.8 Å². The van der Waals surface area contributed by atoms with E-state index in [-0.39, 0.29) is 0 Å². The van der Waals surface area contributed by atoms with E-state index in [9.17, 15) is 0 Å². The zero-order chi connectivity index (χ0) is 14.2. The van der Waals surface area contributed by atoms with Crippen LogP contribution in [-0.4, -0.2) is 20.3 Å². The molecule has 0 atom stereocenters. The summed E-state index contributed by atoms with van der Waals surface area (Å²) in [5, 5.41) is 7.16. The predicted molar refractivity (Wildman–Crippen MR) is 81.0 cm³/mol. The maximum absolute atomic E-state index is 8.18. The summed E-state index contributed by atoms with van der Waals surface area (Å²) >= 11 is 0. The van der Waals surface area contributed by atoms with Crippen molar-refractivity contribution in [1.29, 1.82) is 0 Å². The van der Waals surface area contributed by atoms with E-state index in [4.69, 9.17) is 13.6 Å². The Hall–Kier alpha value is -1.70. The van der Waals surface area contributed by atoms with E-state index < -0.39 is 10.8 Å². The minimum absolute atomic E-state index is 0.433. The van der Waals surface area contributed by atoms with Gasteiger partial charge in [-0.2, -0.15) is 4.72 Å². The number of aromatic nitrogens is 1. The third-order valence-corrected chi connectivity index (χ3v) is 4.54. The fourth-order valence-corrected chi connectivity index (χ4v) is 2.92. The van der Waals surface area contributed by atoms with Gasteiger partial charge in [0, 0.05) is 17.8 Å². The molecule has 0 radical (unpaired) electrons. The van der Waals surface area contributed by atoms with Gasteiger partial charge in [-0.15, -0.1) is 0 Å². The SMILES string of the molecule is Cc1cc(NS([OH2+])([OH2+])c2ccc(NC3CC3)cc2)no1. The van der Waals surface area contributed by atoms with Crippen molar-refractivity contribution in [2.75, 3.05) is 10.0 Å². The van der Waals surface area contributed by atoms with Gasteiger partial charge < -0.3 is 9.84 Å². The molecule has 3 rings (SSSR count). The summed E-state index contributed by atoms with van der Waals surface area (Å²) in [5.74, 6) is 1.09. The van der Waals surface area contributed by atoms with Crippen molar-refractivity contribution in [3.63, 3.8) is 0 Å². The largest absolute Gasteiger partial charge is 0.382 e. The minimum atomic E-state index is -2.63.